The molecule has 5 atom stereocenters. The number of methoxy groups -OCH3 is 1. The summed E-state index contributed by atoms with van der Waals surface area (Å²) in [6, 6.07) is 9.50. The van der Waals surface area contributed by atoms with Crippen LogP contribution in [-0.2, 0) is 32.3 Å². The van der Waals surface area contributed by atoms with Crippen molar-refractivity contribution >= 4 is 0 Å². The number of hydrogen-bond acceptors (Lipinski definition) is 7. The molecule has 0 saturated carbocycles. The topological polar surface area (TPSA) is 101 Å². The number of benzene rings is 1. The third-order valence-electron chi connectivity index (χ3n) is 5.66. The average Bonchev–Trinajstić information content (AvgIpc) is 3.10. The van der Waals surface area contributed by atoms with Gasteiger partial charge in [-0.05, 0) is 19.4 Å². The second-order valence-electron chi connectivity index (χ2n) is 8.12. The molecule has 1 aromatic heterocycles. The van der Waals surface area contributed by atoms with Gasteiger partial charge in [0.05, 0.1) is 32.0 Å². The first-order chi connectivity index (χ1) is 15.3. The van der Waals surface area contributed by atoms with Crippen LogP contribution >= 0.6 is 0 Å². The molecule has 2 heterocycles. The van der Waals surface area contributed by atoms with Crippen molar-refractivity contribution in [3.8, 4) is 0 Å². The minimum atomic E-state index is -0.798. The predicted octanol–water partition coefficient (Wildman–Crippen LogP) is 1.44. The molecule has 176 valence electrons. The molecule has 0 amide bonds. The molecule has 0 spiro atoms. The third-order valence-corrected chi connectivity index (χ3v) is 5.66. The molecule has 0 bridgehead atoms. The van der Waals surface area contributed by atoms with Gasteiger partial charge in [-0.3, -0.25) is 9.36 Å². The Balaban J connectivity index is 1.88. The zero-order valence-corrected chi connectivity index (χ0v) is 19.0. The Labute approximate surface area is 187 Å². The van der Waals surface area contributed by atoms with Crippen LogP contribution in [0.5, 0.6) is 0 Å². The van der Waals surface area contributed by atoms with Crippen LogP contribution in [0.15, 0.2) is 46.1 Å². The van der Waals surface area contributed by atoms with E-state index in [9.17, 15) is 14.7 Å². The van der Waals surface area contributed by atoms with Crippen LogP contribution in [0.3, 0.4) is 0 Å². The van der Waals surface area contributed by atoms with Crippen molar-refractivity contribution < 1.29 is 24.1 Å². The normalized spacial score (nSPS) is 24.0. The molecule has 1 saturated heterocycles. The average molecular weight is 449 g/mol. The van der Waals surface area contributed by atoms with Crippen molar-refractivity contribution in [1.82, 2.24) is 9.13 Å². The van der Waals surface area contributed by atoms with E-state index < -0.39 is 35.8 Å². The Morgan fingerprint density at radius 3 is 2.56 bits per heavy atom. The largest absolute Gasteiger partial charge is 0.391 e. The van der Waals surface area contributed by atoms with Crippen molar-refractivity contribution in [1.29, 1.82) is 0 Å². The molecule has 1 aliphatic rings. The molecular weight excluding hydrogens is 416 g/mol. The molecule has 1 N–H and O–H groups in total. The highest BCUT2D eigenvalue weighted by Crippen LogP contribution is 2.36. The van der Waals surface area contributed by atoms with Crippen LogP contribution in [0.1, 0.15) is 31.2 Å². The van der Waals surface area contributed by atoms with Crippen LogP contribution in [0, 0.1) is 12.8 Å². The van der Waals surface area contributed by atoms with Gasteiger partial charge in [0.15, 0.2) is 6.23 Å². The third kappa shape index (κ3) is 5.36. The zero-order valence-electron chi connectivity index (χ0n) is 19.0. The molecule has 1 fully saturated rings. The van der Waals surface area contributed by atoms with Crippen LogP contribution in [0.4, 0.5) is 0 Å². The zero-order chi connectivity index (χ0) is 23.3. The Kier molecular flexibility index (Phi) is 8.38. The highest BCUT2D eigenvalue weighted by molar-refractivity contribution is 5.13. The van der Waals surface area contributed by atoms with E-state index in [1.54, 1.807) is 21.0 Å². The minimum absolute atomic E-state index is 0.182. The number of aliphatic hydroxyl groups is 1. The van der Waals surface area contributed by atoms with E-state index in [0.29, 0.717) is 18.8 Å². The lowest BCUT2D eigenvalue weighted by atomic mass is 9.97. The van der Waals surface area contributed by atoms with Crippen molar-refractivity contribution in [2.45, 2.75) is 58.6 Å². The Hall–Kier alpha value is -2.30. The lowest BCUT2D eigenvalue weighted by Crippen LogP contribution is -2.44. The van der Waals surface area contributed by atoms with E-state index in [4.69, 9.17) is 18.9 Å². The standard InChI is InChI=1S/C23H32N2O7/c1-15-12-24(22-20(31-11-10-29-4)16(2)19(32-22)17(3)26)23(28)25(21(15)27)14-30-13-18-8-6-5-7-9-18/h5-9,12,16-17,19-20,22,26H,10-11,13-14H2,1-4H3/t16-,17-,19?,20-,22-/m1/s1. The molecule has 1 aromatic carbocycles. The fourth-order valence-corrected chi connectivity index (χ4v) is 3.97. The van der Waals surface area contributed by atoms with Gasteiger partial charge in [0.25, 0.3) is 5.56 Å². The molecule has 32 heavy (non-hydrogen) atoms. The molecule has 9 heteroatoms. The highest BCUT2D eigenvalue weighted by atomic mass is 16.6. The number of aryl methyl sites for hydroxylation is 1. The van der Waals surface area contributed by atoms with Gasteiger partial charge in [-0.1, -0.05) is 37.3 Å². The Morgan fingerprint density at radius 1 is 1.19 bits per heavy atom. The molecular formula is C23H32N2O7. The number of rotatable bonds is 10. The fourth-order valence-electron chi connectivity index (χ4n) is 3.97. The maximum Gasteiger partial charge on any atom is 0.335 e. The first-order valence-electron chi connectivity index (χ1n) is 10.7. The van der Waals surface area contributed by atoms with Gasteiger partial charge in [-0.25, -0.2) is 9.36 Å². The van der Waals surface area contributed by atoms with Gasteiger partial charge in [0, 0.05) is 24.8 Å². The first-order valence-corrected chi connectivity index (χ1v) is 10.7. The molecule has 2 aromatic rings. The second kappa shape index (κ2) is 11.0. The van der Waals surface area contributed by atoms with Crippen LogP contribution in [-0.4, -0.2) is 52.9 Å². The summed E-state index contributed by atoms with van der Waals surface area (Å²) in [4.78, 5) is 25.9. The Morgan fingerprint density at radius 2 is 1.91 bits per heavy atom. The quantitative estimate of drug-likeness (QED) is 0.549. The molecule has 0 radical (unpaired) electrons. The number of nitrogens with zero attached hydrogens (tertiary/aromatic N) is 2. The maximum absolute atomic E-state index is 13.3. The summed E-state index contributed by atoms with van der Waals surface area (Å²) in [5.41, 5.74) is 0.333. The summed E-state index contributed by atoms with van der Waals surface area (Å²) in [5.74, 6) is -0.182. The van der Waals surface area contributed by atoms with Gasteiger partial charge in [-0.15, -0.1) is 0 Å². The van der Waals surface area contributed by atoms with Gasteiger partial charge in [0.1, 0.15) is 12.8 Å². The summed E-state index contributed by atoms with van der Waals surface area (Å²) in [6.07, 6.45) is -1.09. The maximum atomic E-state index is 13.3. The summed E-state index contributed by atoms with van der Waals surface area (Å²) >= 11 is 0. The van der Waals surface area contributed by atoms with Crippen molar-refractivity contribution in [3.63, 3.8) is 0 Å². The van der Waals surface area contributed by atoms with Gasteiger partial charge >= 0.3 is 5.69 Å². The summed E-state index contributed by atoms with van der Waals surface area (Å²) < 4.78 is 25.2. The van der Waals surface area contributed by atoms with Crippen molar-refractivity contribution in [3.05, 3.63) is 68.5 Å². The number of aliphatic hydroxyl groups excluding tert-OH is 1. The monoisotopic (exact) mass is 448 g/mol. The van der Waals surface area contributed by atoms with E-state index in [2.05, 4.69) is 0 Å². The van der Waals surface area contributed by atoms with Crippen molar-refractivity contribution in [2.75, 3.05) is 20.3 Å². The second-order valence-corrected chi connectivity index (χ2v) is 8.12. The Bertz CT molecular complexity index is 986. The van der Waals surface area contributed by atoms with Crippen molar-refractivity contribution in [2.24, 2.45) is 5.92 Å². The van der Waals surface area contributed by atoms with Crippen LogP contribution < -0.4 is 11.2 Å². The molecule has 0 aliphatic carbocycles. The predicted molar refractivity (Wildman–Crippen MR) is 117 cm³/mol. The summed E-state index contributed by atoms with van der Waals surface area (Å²) in [6.45, 7) is 5.96. The molecule has 1 unspecified atom stereocenters. The van der Waals surface area contributed by atoms with E-state index in [0.717, 1.165) is 10.1 Å². The fraction of sp³-hybridized carbons (Fsp3) is 0.565. The molecule has 1 aliphatic heterocycles. The minimum Gasteiger partial charge on any atom is -0.391 e. The number of aromatic nitrogens is 2. The lowest BCUT2D eigenvalue weighted by molar-refractivity contribution is -0.0914. The molecule has 9 nitrogen and oxygen atoms in total. The van der Waals surface area contributed by atoms with Crippen LogP contribution in [0.2, 0.25) is 0 Å². The summed E-state index contributed by atoms with van der Waals surface area (Å²) in [7, 11) is 1.58. The summed E-state index contributed by atoms with van der Waals surface area (Å²) in [5, 5.41) is 10.2. The van der Waals surface area contributed by atoms with E-state index >= 15 is 0 Å². The highest BCUT2D eigenvalue weighted by Gasteiger charge is 2.46. The van der Waals surface area contributed by atoms with Crippen LogP contribution in [0.25, 0.3) is 0 Å². The van der Waals surface area contributed by atoms with E-state index in [1.807, 2.05) is 37.3 Å². The van der Waals surface area contributed by atoms with E-state index in [1.165, 1.54) is 10.8 Å². The first kappa shape index (κ1) is 24.3. The lowest BCUT2D eigenvalue weighted by Gasteiger charge is -2.24. The SMILES string of the molecule is COCCO[C@@H]1[C@H](C)C([C@@H](C)O)O[C@H]1n1cc(C)c(=O)n(COCc2ccccc2)c1=O. The van der Waals surface area contributed by atoms with E-state index in [-0.39, 0.29) is 19.3 Å². The van der Waals surface area contributed by atoms with Gasteiger partial charge in [-0.2, -0.15) is 0 Å². The number of hydrogen-bond donors (Lipinski definition) is 1. The van der Waals surface area contributed by atoms with Gasteiger partial charge < -0.3 is 24.1 Å². The molecule has 3 rings (SSSR count). The number of ether oxygens (including phenoxy) is 4. The smallest absolute Gasteiger partial charge is 0.335 e. The van der Waals surface area contributed by atoms with Gasteiger partial charge in [0.2, 0.25) is 0 Å².